The maximum Gasteiger partial charge on any atom is 0.257 e. The van der Waals surface area contributed by atoms with Crippen molar-refractivity contribution in [2.45, 2.75) is 24.7 Å². The van der Waals surface area contributed by atoms with Gasteiger partial charge in [-0.2, -0.15) is 0 Å². The lowest BCUT2D eigenvalue weighted by atomic mass is 10.0. The molecule has 27 heavy (non-hydrogen) atoms. The number of thiazole rings is 1. The summed E-state index contributed by atoms with van der Waals surface area (Å²) in [5, 5.41) is 3.32. The van der Waals surface area contributed by atoms with E-state index in [1.807, 2.05) is 18.2 Å². The number of aromatic nitrogens is 1. The standard InChI is InChI=1S/C19H21N3O3S2/c1-12(2)15-6-5-7-16-17(15)20-19(26-16)21-18(23)13-8-10-14(11-9-13)27(24,25)22(3)4/h5-12H,1-4H3,(H,20,21,23). The summed E-state index contributed by atoms with van der Waals surface area (Å²) >= 11 is 1.42. The Morgan fingerprint density at radius 1 is 1.11 bits per heavy atom. The molecular weight excluding hydrogens is 382 g/mol. The van der Waals surface area contributed by atoms with E-state index in [0.29, 0.717) is 16.6 Å². The van der Waals surface area contributed by atoms with Crippen molar-refractivity contribution in [1.29, 1.82) is 0 Å². The quantitative estimate of drug-likeness (QED) is 0.700. The van der Waals surface area contributed by atoms with Gasteiger partial charge in [-0.05, 0) is 41.8 Å². The van der Waals surface area contributed by atoms with Crippen molar-refractivity contribution in [2.75, 3.05) is 19.4 Å². The van der Waals surface area contributed by atoms with Crippen LogP contribution < -0.4 is 5.32 Å². The number of rotatable bonds is 5. The van der Waals surface area contributed by atoms with Gasteiger partial charge < -0.3 is 0 Å². The third kappa shape index (κ3) is 3.87. The maximum absolute atomic E-state index is 12.5. The van der Waals surface area contributed by atoms with Crippen molar-refractivity contribution >= 4 is 42.6 Å². The largest absolute Gasteiger partial charge is 0.298 e. The summed E-state index contributed by atoms with van der Waals surface area (Å²) < 4.78 is 26.4. The number of sulfonamides is 1. The van der Waals surface area contributed by atoms with E-state index in [-0.39, 0.29) is 10.8 Å². The van der Waals surface area contributed by atoms with Gasteiger partial charge in [0, 0.05) is 19.7 Å². The molecule has 0 saturated carbocycles. The monoisotopic (exact) mass is 403 g/mol. The van der Waals surface area contributed by atoms with Crippen LogP contribution in [-0.4, -0.2) is 37.7 Å². The molecule has 0 fully saturated rings. The number of anilines is 1. The predicted molar refractivity (Wildman–Crippen MR) is 109 cm³/mol. The van der Waals surface area contributed by atoms with Crippen LogP contribution in [0.5, 0.6) is 0 Å². The fourth-order valence-electron chi connectivity index (χ4n) is 2.65. The number of nitrogens with one attached hydrogen (secondary N) is 1. The molecule has 0 unspecified atom stereocenters. The van der Waals surface area contributed by atoms with Crippen molar-refractivity contribution in [3.8, 4) is 0 Å². The molecule has 8 heteroatoms. The lowest BCUT2D eigenvalue weighted by Gasteiger charge is -2.11. The summed E-state index contributed by atoms with van der Waals surface area (Å²) in [6, 6.07) is 11.9. The first-order valence-electron chi connectivity index (χ1n) is 8.43. The minimum absolute atomic E-state index is 0.144. The van der Waals surface area contributed by atoms with Gasteiger partial charge in [0.1, 0.15) is 0 Å². The Kier molecular flexibility index (Phi) is 5.32. The minimum atomic E-state index is -3.52. The van der Waals surface area contributed by atoms with Gasteiger partial charge in [0.05, 0.1) is 15.1 Å². The van der Waals surface area contributed by atoms with Crippen LogP contribution in [0.25, 0.3) is 10.2 Å². The molecule has 0 aliphatic carbocycles. The average molecular weight is 404 g/mol. The second-order valence-corrected chi connectivity index (χ2v) is 9.82. The molecule has 1 heterocycles. The summed E-state index contributed by atoms with van der Waals surface area (Å²) in [5.74, 6) is 0.0134. The van der Waals surface area contributed by atoms with E-state index in [4.69, 9.17) is 0 Å². The normalized spacial score (nSPS) is 12.1. The fourth-order valence-corrected chi connectivity index (χ4v) is 4.44. The predicted octanol–water partition coefficient (Wildman–Crippen LogP) is 3.92. The molecule has 0 saturated heterocycles. The third-order valence-electron chi connectivity index (χ3n) is 4.19. The van der Waals surface area contributed by atoms with Crippen LogP contribution in [0.1, 0.15) is 35.7 Å². The van der Waals surface area contributed by atoms with Gasteiger partial charge in [0.2, 0.25) is 10.0 Å². The SMILES string of the molecule is CC(C)c1cccc2sc(NC(=O)c3ccc(S(=O)(=O)N(C)C)cc3)nc12. The van der Waals surface area contributed by atoms with E-state index >= 15 is 0 Å². The molecule has 0 spiro atoms. The number of hydrogen-bond donors (Lipinski definition) is 1. The van der Waals surface area contributed by atoms with Gasteiger partial charge in [-0.3, -0.25) is 10.1 Å². The van der Waals surface area contributed by atoms with Crippen molar-refractivity contribution in [1.82, 2.24) is 9.29 Å². The number of para-hydroxylation sites is 1. The molecule has 0 aliphatic heterocycles. The summed E-state index contributed by atoms with van der Waals surface area (Å²) in [6.07, 6.45) is 0. The maximum atomic E-state index is 12.5. The number of benzene rings is 2. The van der Waals surface area contributed by atoms with E-state index in [1.165, 1.54) is 49.7 Å². The van der Waals surface area contributed by atoms with Crippen molar-refractivity contribution in [2.24, 2.45) is 0 Å². The van der Waals surface area contributed by atoms with Crippen LogP contribution in [0.2, 0.25) is 0 Å². The van der Waals surface area contributed by atoms with Crippen LogP contribution in [0.4, 0.5) is 5.13 Å². The molecular formula is C19H21N3O3S2. The molecule has 0 bridgehead atoms. The highest BCUT2D eigenvalue weighted by atomic mass is 32.2. The van der Waals surface area contributed by atoms with Crippen LogP contribution >= 0.6 is 11.3 Å². The lowest BCUT2D eigenvalue weighted by molar-refractivity contribution is 0.102. The van der Waals surface area contributed by atoms with Gasteiger partial charge in [0.25, 0.3) is 5.91 Å². The zero-order valence-electron chi connectivity index (χ0n) is 15.6. The highest BCUT2D eigenvalue weighted by Crippen LogP contribution is 2.31. The molecule has 3 aromatic rings. The van der Waals surface area contributed by atoms with Crippen LogP contribution in [0.15, 0.2) is 47.4 Å². The van der Waals surface area contributed by atoms with Gasteiger partial charge in [0.15, 0.2) is 5.13 Å². The molecule has 1 N–H and O–H groups in total. The molecule has 6 nitrogen and oxygen atoms in total. The van der Waals surface area contributed by atoms with Crippen molar-refractivity contribution in [3.63, 3.8) is 0 Å². The van der Waals surface area contributed by atoms with Gasteiger partial charge >= 0.3 is 0 Å². The van der Waals surface area contributed by atoms with Gasteiger partial charge in [-0.25, -0.2) is 17.7 Å². The lowest BCUT2D eigenvalue weighted by Crippen LogP contribution is -2.22. The van der Waals surface area contributed by atoms with Gasteiger partial charge in [-0.1, -0.05) is 37.3 Å². The number of fused-ring (bicyclic) bond motifs is 1. The molecule has 1 amide bonds. The van der Waals surface area contributed by atoms with Crippen molar-refractivity contribution < 1.29 is 13.2 Å². The second-order valence-electron chi connectivity index (χ2n) is 6.63. The number of carbonyl (C=O) groups is 1. The molecule has 0 aliphatic rings. The Morgan fingerprint density at radius 2 is 1.78 bits per heavy atom. The van der Waals surface area contributed by atoms with E-state index in [1.54, 1.807) is 0 Å². The highest BCUT2D eigenvalue weighted by Gasteiger charge is 2.18. The van der Waals surface area contributed by atoms with E-state index in [0.717, 1.165) is 20.1 Å². The minimum Gasteiger partial charge on any atom is -0.298 e. The first-order chi connectivity index (χ1) is 12.7. The highest BCUT2D eigenvalue weighted by molar-refractivity contribution is 7.89. The topological polar surface area (TPSA) is 79.4 Å². The van der Waals surface area contributed by atoms with Gasteiger partial charge in [-0.15, -0.1) is 0 Å². The molecule has 0 radical (unpaired) electrons. The summed E-state index contributed by atoms with van der Waals surface area (Å²) in [4.78, 5) is 17.2. The number of nitrogens with zero attached hydrogens (tertiary/aromatic N) is 2. The van der Waals surface area contributed by atoms with Crippen LogP contribution in [0, 0.1) is 0 Å². The number of amides is 1. The second kappa shape index (κ2) is 7.38. The van der Waals surface area contributed by atoms with Crippen molar-refractivity contribution in [3.05, 3.63) is 53.6 Å². The van der Waals surface area contributed by atoms with Crippen LogP contribution in [-0.2, 0) is 10.0 Å². The Balaban J connectivity index is 1.84. The summed E-state index contributed by atoms with van der Waals surface area (Å²) in [5.41, 5.74) is 2.42. The molecule has 0 atom stereocenters. The Hall–Kier alpha value is -2.29. The van der Waals surface area contributed by atoms with E-state index in [2.05, 4.69) is 24.1 Å². The number of carbonyl (C=O) groups excluding carboxylic acids is 1. The Morgan fingerprint density at radius 3 is 2.37 bits per heavy atom. The van der Waals surface area contributed by atoms with Crippen LogP contribution in [0.3, 0.4) is 0 Å². The molecule has 2 aromatic carbocycles. The average Bonchev–Trinajstić information content (AvgIpc) is 3.03. The fraction of sp³-hybridized carbons (Fsp3) is 0.263. The summed E-state index contributed by atoms with van der Waals surface area (Å²) in [6.45, 7) is 4.21. The Bertz CT molecular complexity index is 1090. The third-order valence-corrected chi connectivity index (χ3v) is 6.95. The van der Waals surface area contributed by atoms with E-state index in [9.17, 15) is 13.2 Å². The molecule has 1 aromatic heterocycles. The Labute approximate surface area is 162 Å². The zero-order valence-corrected chi connectivity index (χ0v) is 17.2. The first-order valence-corrected chi connectivity index (χ1v) is 10.7. The molecule has 3 rings (SSSR count). The molecule has 142 valence electrons. The smallest absolute Gasteiger partial charge is 0.257 e. The first kappa shape index (κ1) is 19.5. The zero-order chi connectivity index (χ0) is 19.8. The number of hydrogen-bond acceptors (Lipinski definition) is 5. The summed E-state index contributed by atoms with van der Waals surface area (Å²) in [7, 11) is -0.584. The van der Waals surface area contributed by atoms with E-state index < -0.39 is 10.0 Å².